The van der Waals surface area contributed by atoms with Crippen molar-refractivity contribution in [1.82, 2.24) is 4.98 Å². The molecule has 3 aromatic rings. The maximum Gasteiger partial charge on any atom is 0.106 e. The van der Waals surface area contributed by atoms with Gasteiger partial charge < -0.3 is 9.52 Å². The second kappa shape index (κ2) is 4.55. The van der Waals surface area contributed by atoms with Gasteiger partial charge in [0.2, 0.25) is 0 Å². The van der Waals surface area contributed by atoms with Crippen LogP contribution in [0.2, 0.25) is 0 Å². The number of aromatic nitrogens is 1. The van der Waals surface area contributed by atoms with Crippen LogP contribution in [0.1, 0.15) is 22.4 Å². The third-order valence-electron chi connectivity index (χ3n) is 2.96. The molecule has 4 heteroatoms. The first-order valence-corrected chi connectivity index (χ1v) is 6.62. The number of thiazole rings is 1. The lowest BCUT2D eigenvalue weighted by Gasteiger charge is -2.06. The fourth-order valence-electron chi connectivity index (χ4n) is 2.02. The molecule has 0 amide bonds. The van der Waals surface area contributed by atoms with Crippen LogP contribution in [0.5, 0.6) is 0 Å². The van der Waals surface area contributed by atoms with E-state index in [1.54, 1.807) is 17.6 Å². The minimum Gasteiger partial charge on any atom is -0.469 e. The van der Waals surface area contributed by atoms with E-state index in [-0.39, 0.29) is 0 Å². The molecule has 92 valence electrons. The molecule has 1 aromatic carbocycles. The lowest BCUT2D eigenvalue weighted by molar-refractivity contribution is 0.176. The SMILES string of the molecule is Cc1occc1C(O)Cc1nc2ccccc2s1. The summed E-state index contributed by atoms with van der Waals surface area (Å²) in [4.78, 5) is 4.52. The average Bonchev–Trinajstić information content (AvgIpc) is 2.94. The number of aryl methyl sites for hydroxylation is 1. The minimum atomic E-state index is -0.552. The van der Waals surface area contributed by atoms with Crippen LogP contribution in [-0.2, 0) is 6.42 Å². The number of furan rings is 1. The van der Waals surface area contributed by atoms with Crippen LogP contribution in [-0.4, -0.2) is 10.1 Å². The van der Waals surface area contributed by atoms with Gasteiger partial charge in [0.15, 0.2) is 0 Å². The number of hydrogen-bond donors (Lipinski definition) is 1. The summed E-state index contributed by atoms with van der Waals surface area (Å²) in [7, 11) is 0. The van der Waals surface area contributed by atoms with Crippen LogP contribution in [0, 0.1) is 6.92 Å². The van der Waals surface area contributed by atoms with Crippen molar-refractivity contribution < 1.29 is 9.52 Å². The number of nitrogens with zero attached hydrogens (tertiary/aromatic N) is 1. The predicted octanol–water partition coefficient (Wildman–Crippen LogP) is 3.47. The topological polar surface area (TPSA) is 46.3 Å². The molecule has 0 fully saturated rings. The summed E-state index contributed by atoms with van der Waals surface area (Å²) in [5.41, 5.74) is 1.84. The standard InChI is InChI=1S/C14H13NO2S/c1-9-10(6-7-17-9)12(16)8-14-15-11-4-2-3-5-13(11)18-14/h2-7,12,16H,8H2,1H3. The number of para-hydroxylation sites is 1. The zero-order valence-corrected chi connectivity index (χ0v) is 10.8. The maximum atomic E-state index is 10.2. The van der Waals surface area contributed by atoms with Crippen LogP contribution in [0.3, 0.4) is 0 Å². The molecular formula is C14H13NO2S. The molecule has 0 saturated heterocycles. The molecule has 0 bridgehead atoms. The summed E-state index contributed by atoms with van der Waals surface area (Å²) in [6, 6.07) is 9.83. The van der Waals surface area contributed by atoms with E-state index in [2.05, 4.69) is 4.98 Å². The smallest absolute Gasteiger partial charge is 0.106 e. The number of hydrogen-bond acceptors (Lipinski definition) is 4. The Hall–Kier alpha value is -1.65. The third-order valence-corrected chi connectivity index (χ3v) is 4.02. The number of aliphatic hydroxyl groups is 1. The van der Waals surface area contributed by atoms with Gasteiger partial charge in [-0.3, -0.25) is 0 Å². The summed E-state index contributed by atoms with van der Waals surface area (Å²) < 4.78 is 6.36. The Labute approximate surface area is 109 Å². The van der Waals surface area contributed by atoms with Crippen LogP contribution >= 0.6 is 11.3 Å². The van der Waals surface area contributed by atoms with E-state index in [1.165, 1.54) is 0 Å². The fraction of sp³-hybridized carbons (Fsp3) is 0.214. The fourth-order valence-corrected chi connectivity index (χ4v) is 3.03. The largest absolute Gasteiger partial charge is 0.469 e. The van der Waals surface area contributed by atoms with Gasteiger partial charge in [-0.05, 0) is 25.1 Å². The summed E-state index contributed by atoms with van der Waals surface area (Å²) >= 11 is 1.63. The van der Waals surface area contributed by atoms with Crippen LogP contribution in [0.15, 0.2) is 41.0 Å². The number of rotatable bonds is 3. The van der Waals surface area contributed by atoms with Crippen molar-refractivity contribution >= 4 is 21.6 Å². The van der Waals surface area contributed by atoms with E-state index >= 15 is 0 Å². The third kappa shape index (κ3) is 2.05. The molecule has 0 spiro atoms. The highest BCUT2D eigenvalue weighted by atomic mass is 32.1. The molecular weight excluding hydrogens is 246 g/mol. The van der Waals surface area contributed by atoms with Crippen LogP contribution < -0.4 is 0 Å². The molecule has 0 saturated carbocycles. The first-order chi connectivity index (χ1) is 8.74. The molecule has 1 N–H and O–H groups in total. The van der Waals surface area contributed by atoms with E-state index in [0.29, 0.717) is 6.42 Å². The molecule has 18 heavy (non-hydrogen) atoms. The monoisotopic (exact) mass is 259 g/mol. The summed E-state index contributed by atoms with van der Waals surface area (Å²) in [6.07, 6.45) is 1.58. The molecule has 2 heterocycles. The molecule has 1 atom stereocenters. The normalized spacial score (nSPS) is 13.0. The number of aliphatic hydroxyl groups excluding tert-OH is 1. The van der Waals surface area contributed by atoms with Crippen molar-refractivity contribution in [3.05, 3.63) is 52.9 Å². The van der Waals surface area contributed by atoms with E-state index in [1.807, 2.05) is 37.3 Å². The van der Waals surface area contributed by atoms with Crippen molar-refractivity contribution in [2.75, 3.05) is 0 Å². The van der Waals surface area contributed by atoms with Gasteiger partial charge >= 0.3 is 0 Å². The highest BCUT2D eigenvalue weighted by Gasteiger charge is 2.15. The summed E-state index contributed by atoms with van der Waals surface area (Å²) in [5, 5.41) is 11.1. The zero-order chi connectivity index (χ0) is 12.5. The highest BCUT2D eigenvalue weighted by molar-refractivity contribution is 7.18. The van der Waals surface area contributed by atoms with Crippen LogP contribution in [0.25, 0.3) is 10.2 Å². The molecule has 0 radical (unpaired) electrons. The van der Waals surface area contributed by atoms with Crippen LogP contribution in [0.4, 0.5) is 0 Å². The Morgan fingerprint density at radius 3 is 2.89 bits per heavy atom. The Bertz CT molecular complexity index is 638. The van der Waals surface area contributed by atoms with E-state index in [4.69, 9.17) is 4.42 Å². The predicted molar refractivity (Wildman–Crippen MR) is 71.7 cm³/mol. The lowest BCUT2D eigenvalue weighted by atomic mass is 10.1. The second-order valence-corrected chi connectivity index (χ2v) is 5.34. The van der Waals surface area contributed by atoms with Crippen molar-refractivity contribution in [2.45, 2.75) is 19.4 Å². The Morgan fingerprint density at radius 1 is 1.33 bits per heavy atom. The molecule has 0 aliphatic heterocycles. The number of benzene rings is 1. The van der Waals surface area contributed by atoms with E-state index in [0.717, 1.165) is 26.5 Å². The Balaban J connectivity index is 1.86. The molecule has 0 aliphatic carbocycles. The van der Waals surface area contributed by atoms with Gasteiger partial charge in [0.25, 0.3) is 0 Å². The van der Waals surface area contributed by atoms with Crippen molar-refractivity contribution in [3.63, 3.8) is 0 Å². The molecule has 1 unspecified atom stereocenters. The van der Waals surface area contributed by atoms with Crippen molar-refractivity contribution in [3.8, 4) is 0 Å². The minimum absolute atomic E-state index is 0.528. The average molecular weight is 259 g/mol. The van der Waals surface area contributed by atoms with Gasteiger partial charge in [0, 0.05) is 12.0 Å². The first kappa shape index (κ1) is 11.4. The lowest BCUT2D eigenvalue weighted by Crippen LogP contribution is -2.01. The van der Waals surface area contributed by atoms with Gasteiger partial charge in [0.05, 0.1) is 27.6 Å². The molecule has 3 rings (SSSR count). The van der Waals surface area contributed by atoms with E-state index < -0.39 is 6.10 Å². The molecule has 0 aliphatic rings. The molecule has 3 nitrogen and oxygen atoms in total. The van der Waals surface area contributed by atoms with Crippen molar-refractivity contribution in [1.29, 1.82) is 0 Å². The maximum absolute atomic E-state index is 10.2. The van der Waals surface area contributed by atoms with Gasteiger partial charge in [0.1, 0.15) is 5.76 Å². The summed E-state index contributed by atoms with van der Waals surface area (Å²) in [5.74, 6) is 0.767. The molecule has 2 aromatic heterocycles. The second-order valence-electron chi connectivity index (χ2n) is 4.23. The van der Waals surface area contributed by atoms with Gasteiger partial charge in [-0.25, -0.2) is 4.98 Å². The van der Waals surface area contributed by atoms with Crippen molar-refractivity contribution in [2.24, 2.45) is 0 Å². The summed E-state index contributed by atoms with van der Waals surface area (Å²) in [6.45, 7) is 1.86. The van der Waals surface area contributed by atoms with Gasteiger partial charge in [-0.2, -0.15) is 0 Å². The number of fused-ring (bicyclic) bond motifs is 1. The van der Waals surface area contributed by atoms with E-state index in [9.17, 15) is 5.11 Å². The highest BCUT2D eigenvalue weighted by Crippen LogP contribution is 2.27. The Kier molecular flexibility index (Phi) is 2.89. The zero-order valence-electron chi connectivity index (χ0n) is 9.96. The van der Waals surface area contributed by atoms with Gasteiger partial charge in [-0.1, -0.05) is 12.1 Å². The quantitative estimate of drug-likeness (QED) is 0.783. The Morgan fingerprint density at radius 2 is 2.17 bits per heavy atom. The van der Waals surface area contributed by atoms with Gasteiger partial charge in [-0.15, -0.1) is 11.3 Å². The first-order valence-electron chi connectivity index (χ1n) is 5.80.